The molecule has 180 valence electrons. The summed E-state index contributed by atoms with van der Waals surface area (Å²) in [6.07, 6.45) is 7.38. The Bertz CT molecular complexity index is 1410. The first-order valence-electron chi connectivity index (χ1n) is 11.7. The van der Waals surface area contributed by atoms with Gasteiger partial charge in [-0.3, -0.25) is 9.36 Å². The molecule has 0 radical (unpaired) electrons. The van der Waals surface area contributed by atoms with E-state index in [1.165, 1.54) is 0 Å². The number of fused-ring (bicyclic) bond motifs is 1. The van der Waals surface area contributed by atoms with E-state index in [1.807, 2.05) is 6.92 Å². The second-order valence-corrected chi connectivity index (χ2v) is 11.7. The van der Waals surface area contributed by atoms with Gasteiger partial charge in [0.25, 0.3) is 5.56 Å². The Morgan fingerprint density at radius 3 is 2.56 bits per heavy atom. The summed E-state index contributed by atoms with van der Waals surface area (Å²) in [6.45, 7) is 3.95. The molecule has 2 fully saturated rings. The summed E-state index contributed by atoms with van der Waals surface area (Å²) in [5.74, 6) is 0.894. The first kappa shape index (κ1) is 23.3. The van der Waals surface area contributed by atoms with Crippen LogP contribution in [0.4, 0.5) is 11.6 Å². The van der Waals surface area contributed by atoms with Crippen molar-refractivity contribution in [2.75, 3.05) is 5.32 Å². The molecule has 0 amide bonds. The second kappa shape index (κ2) is 8.94. The minimum Gasteiger partial charge on any atom is -0.324 e. The predicted molar refractivity (Wildman–Crippen MR) is 133 cm³/mol. The molecule has 2 heterocycles. The van der Waals surface area contributed by atoms with Gasteiger partial charge in [0.2, 0.25) is 16.0 Å². The fourth-order valence-corrected chi connectivity index (χ4v) is 6.55. The Kier molecular flexibility index (Phi) is 6.12. The molecule has 0 saturated heterocycles. The maximum Gasteiger partial charge on any atom is 0.271 e. The average Bonchev–Trinajstić information content (AvgIpc) is 3.29. The van der Waals surface area contributed by atoms with Gasteiger partial charge < -0.3 is 5.32 Å². The number of aryl methyl sites for hydroxylation is 1. The summed E-state index contributed by atoms with van der Waals surface area (Å²) in [5.41, 5.74) is 1.76. The summed E-state index contributed by atoms with van der Waals surface area (Å²) in [5, 5.41) is 4.05. The maximum absolute atomic E-state index is 12.8. The summed E-state index contributed by atoms with van der Waals surface area (Å²) in [4.78, 5) is 22.1. The van der Waals surface area contributed by atoms with Crippen molar-refractivity contribution in [1.82, 2.24) is 19.3 Å². The van der Waals surface area contributed by atoms with Crippen molar-refractivity contribution in [2.45, 2.75) is 69.4 Å². The Balaban J connectivity index is 1.43. The van der Waals surface area contributed by atoms with Crippen LogP contribution in [0.2, 0.25) is 5.02 Å². The number of nitrogens with zero attached hydrogens (tertiary/aromatic N) is 3. The van der Waals surface area contributed by atoms with E-state index in [0.29, 0.717) is 28.6 Å². The van der Waals surface area contributed by atoms with Crippen LogP contribution in [0.15, 0.2) is 40.2 Å². The summed E-state index contributed by atoms with van der Waals surface area (Å²) in [6, 6.07) is 6.63. The van der Waals surface area contributed by atoms with Gasteiger partial charge in [-0.1, -0.05) is 31.4 Å². The Labute approximate surface area is 203 Å². The Morgan fingerprint density at radius 1 is 1.15 bits per heavy atom. The highest BCUT2D eigenvalue weighted by Crippen LogP contribution is 2.32. The second-order valence-electron chi connectivity index (χ2n) is 9.57. The number of anilines is 2. The van der Waals surface area contributed by atoms with Crippen molar-refractivity contribution in [3.05, 3.63) is 51.4 Å². The minimum atomic E-state index is -3.57. The number of rotatable bonds is 6. The number of benzene rings is 1. The van der Waals surface area contributed by atoms with Gasteiger partial charge >= 0.3 is 0 Å². The molecule has 2 aliphatic carbocycles. The molecule has 0 bridgehead atoms. The van der Waals surface area contributed by atoms with Crippen molar-refractivity contribution < 1.29 is 8.42 Å². The molecule has 0 aliphatic heterocycles. The number of sulfonamides is 1. The van der Waals surface area contributed by atoms with Gasteiger partial charge in [-0.05, 0) is 68.4 Å². The largest absolute Gasteiger partial charge is 0.324 e. The minimum absolute atomic E-state index is 0.00933. The molecule has 3 aromatic rings. The number of pyridine rings is 1. The standard InChI is InChI=1S/C24H28ClN5O3S/c1-14-9-17(10-14)29-34(32,33)19-7-8-21(15(2)11-19)27-24-26-13-16-12-20(25)23(31)30(22(16)28-24)18-5-3-4-6-18/h7-8,11-14,17-18,29H,3-6,9-10H2,1-2H3,(H,26,27,28). The third-order valence-corrected chi connectivity index (χ3v) is 8.66. The fraction of sp³-hybridized carbons (Fsp3) is 0.458. The van der Waals surface area contributed by atoms with Gasteiger partial charge in [0, 0.05) is 29.4 Å². The Morgan fingerprint density at radius 2 is 1.88 bits per heavy atom. The van der Waals surface area contributed by atoms with E-state index in [9.17, 15) is 13.2 Å². The molecule has 2 N–H and O–H groups in total. The van der Waals surface area contributed by atoms with Crippen LogP contribution >= 0.6 is 11.6 Å². The van der Waals surface area contributed by atoms with E-state index in [0.717, 1.165) is 44.1 Å². The van der Waals surface area contributed by atoms with E-state index in [2.05, 4.69) is 26.9 Å². The van der Waals surface area contributed by atoms with Gasteiger partial charge in [-0.15, -0.1) is 0 Å². The van der Waals surface area contributed by atoms with E-state index in [4.69, 9.17) is 11.6 Å². The average molecular weight is 502 g/mol. The van der Waals surface area contributed by atoms with Gasteiger partial charge in [0.05, 0.1) is 4.90 Å². The summed E-state index contributed by atoms with van der Waals surface area (Å²) in [7, 11) is -3.57. The third-order valence-electron chi connectivity index (χ3n) is 6.87. The number of hydrogen-bond acceptors (Lipinski definition) is 6. The zero-order valence-corrected chi connectivity index (χ0v) is 20.8. The molecular weight excluding hydrogens is 474 g/mol. The number of aromatic nitrogens is 3. The molecule has 2 aromatic heterocycles. The summed E-state index contributed by atoms with van der Waals surface area (Å²) < 4.78 is 30.0. The molecule has 0 unspecified atom stereocenters. The van der Waals surface area contributed by atoms with E-state index in [-0.39, 0.29) is 27.6 Å². The lowest BCUT2D eigenvalue weighted by Crippen LogP contribution is -2.43. The number of halogens is 1. The normalized spacial score (nSPS) is 21.0. The van der Waals surface area contributed by atoms with Crippen LogP contribution in [0.3, 0.4) is 0 Å². The van der Waals surface area contributed by atoms with Crippen LogP contribution in [-0.4, -0.2) is 29.0 Å². The first-order valence-corrected chi connectivity index (χ1v) is 13.5. The van der Waals surface area contributed by atoms with Crippen molar-refractivity contribution >= 4 is 44.3 Å². The molecule has 5 rings (SSSR count). The zero-order chi connectivity index (χ0) is 24.0. The maximum atomic E-state index is 12.8. The highest BCUT2D eigenvalue weighted by molar-refractivity contribution is 7.89. The topological polar surface area (TPSA) is 106 Å². The van der Waals surface area contributed by atoms with Crippen LogP contribution in [0.5, 0.6) is 0 Å². The molecule has 0 spiro atoms. The van der Waals surface area contributed by atoms with Crippen molar-refractivity contribution in [2.24, 2.45) is 5.92 Å². The van der Waals surface area contributed by atoms with Crippen molar-refractivity contribution in [3.8, 4) is 0 Å². The van der Waals surface area contributed by atoms with E-state index >= 15 is 0 Å². The lowest BCUT2D eigenvalue weighted by Gasteiger charge is -2.32. The molecule has 2 saturated carbocycles. The quantitative estimate of drug-likeness (QED) is 0.507. The van der Waals surface area contributed by atoms with Gasteiger partial charge in [0.15, 0.2) is 0 Å². The molecule has 8 nitrogen and oxygen atoms in total. The zero-order valence-electron chi connectivity index (χ0n) is 19.2. The highest BCUT2D eigenvalue weighted by Gasteiger charge is 2.30. The lowest BCUT2D eigenvalue weighted by molar-refractivity contribution is 0.270. The van der Waals surface area contributed by atoms with Crippen LogP contribution in [0.1, 0.15) is 57.1 Å². The molecular formula is C24H28ClN5O3S. The van der Waals surface area contributed by atoms with E-state index < -0.39 is 10.0 Å². The van der Waals surface area contributed by atoms with Crippen molar-refractivity contribution in [3.63, 3.8) is 0 Å². The van der Waals surface area contributed by atoms with Crippen LogP contribution in [0, 0.1) is 12.8 Å². The Hall–Kier alpha value is -2.49. The van der Waals surface area contributed by atoms with Crippen LogP contribution in [0.25, 0.3) is 11.0 Å². The first-order chi connectivity index (χ1) is 16.2. The highest BCUT2D eigenvalue weighted by atomic mass is 35.5. The predicted octanol–water partition coefficient (Wildman–Crippen LogP) is 4.69. The molecule has 10 heteroatoms. The van der Waals surface area contributed by atoms with Crippen LogP contribution < -0.4 is 15.6 Å². The smallest absolute Gasteiger partial charge is 0.271 e. The molecule has 1 aromatic carbocycles. The fourth-order valence-electron chi connectivity index (χ4n) is 5.00. The lowest BCUT2D eigenvalue weighted by atomic mass is 9.83. The van der Waals surface area contributed by atoms with Crippen LogP contribution in [-0.2, 0) is 10.0 Å². The third kappa shape index (κ3) is 4.44. The number of hydrogen-bond donors (Lipinski definition) is 2. The summed E-state index contributed by atoms with van der Waals surface area (Å²) >= 11 is 6.21. The van der Waals surface area contributed by atoms with Gasteiger partial charge in [0.1, 0.15) is 10.7 Å². The monoisotopic (exact) mass is 501 g/mol. The van der Waals surface area contributed by atoms with Gasteiger partial charge in [-0.2, -0.15) is 4.98 Å². The molecule has 34 heavy (non-hydrogen) atoms. The van der Waals surface area contributed by atoms with Gasteiger partial charge in [-0.25, -0.2) is 18.1 Å². The SMILES string of the molecule is Cc1cc(S(=O)(=O)NC2CC(C)C2)ccc1Nc1ncc2cc(Cl)c(=O)n(C3CCCC3)c2n1. The van der Waals surface area contributed by atoms with E-state index in [1.54, 1.807) is 35.0 Å². The molecule has 0 atom stereocenters. The number of nitrogens with one attached hydrogen (secondary N) is 2. The molecule has 2 aliphatic rings. The van der Waals surface area contributed by atoms with Crippen molar-refractivity contribution in [1.29, 1.82) is 0 Å².